The van der Waals surface area contributed by atoms with E-state index < -0.39 is 0 Å². The van der Waals surface area contributed by atoms with E-state index in [1.54, 1.807) is 0 Å². The highest BCUT2D eigenvalue weighted by atomic mass is 32.1. The summed E-state index contributed by atoms with van der Waals surface area (Å²) in [6.45, 7) is 0. The van der Waals surface area contributed by atoms with Gasteiger partial charge in [0.1, 0.15) is 0 Å². The minimum Gasteiger partial charge on any atom is -0.310 e. The summed E-state index contributed by atoms with van der Waals surface area (Å²) >= 11 is 3.71. The fourth-order valence-electron chi connectivity index (χ4n) is 9.22. The Labute approximate surface area is 368 Å². The lowest BCUT2D eigenvalue weighted by Gasteiger charge is -2.30. The summed E-state index contributed by atoms with van der Waals surface area (Å²) in [6.07, 6.45) is 0. The predicted molar refractivity (Wildman–Crippen MR) is 270 cm³/mol. The number of thiophene rings is 2. The zero-order valence-corrected chi connectivity index (χ0v) is 35.3. The van der Waals surface area contributed by atoms with Gasteiger partial charge in [-0.25, -0.2) is 0 Å². The van der Waals surface area contributed by atoms with Gasteiger partial charge in [-0.15, -0.1) is 22.7 Å². The largest absolute Gasteiger partial charge is 0.310 e. The van der Waals surface area contributed by atoms with E-state index in [0.717, 1.165) is 39.5 Å². The molecule has 0 aliphatic rings. The molecule has 0 saturated carbocycles. The molecule has 2 aromatic heterocycles. The Morgan fingerprint density at radius 3 is 1.27 bits per heavy atom. The topological polar surface area (TPSA) is 6.48 Å². The Bertz CT molecular complexity index is 3580. The molecule has 2 heterocycles. The first-order chi connectivity index (χ1) is 30.7. The van der Waals surface area contributed by atoms with Crippen LogP contribution in [0, 0.1) is 0 Å². The lowest BCUT2D eigenvalue weighted by atomic mass is 9.89. The number of anilines is 6. The van der Waals surface area contributed by atoms with E-state index >= 15 is 0 Å². The number of para-hydroxylation sites is 2. The van der Waals surface area contributed by atoms with Crippen molar-refractivity contribution in [3.8, 4) is 22.3 Å². The first-order valence-corrected chi connectivity index (χ1v) is 22.6. The molecule has 0 spiro atoms. The quantitative estimate of drug-likeness (QED) is 0.151. The highest BCUT2D eigenvalue weighted by Gasteiger charge is 2.24. The summed E-state index contributed by atoms with van der Waals surface area (Å²) in [5.41, 5.74) is 11.3. The number of fused-ring (bicyclic) bond motifs is 7. The van der Waals surface area contributed by atoms with Crippen LogP contribution < -0.4 is 9.80 Å². The average Bonchev–Trinajstić information content (AvgIpc) is 3.90. The van der Waals surface area contributed by atoms with E-state index in [1.165, 1.54) is 68.0 Å². The van der Waals surface area contributed by atoms with E-state index in [2.05, 4.69) is 240 Å². The maximum absolute atomic E-state index is 2.45. The molecule has 0 radical (unpaired) electrons. The van der Waals surface area contributed by atoms with Crippen molar-refractivity contribution in [3.05, 3.63) is 231 Å². The zero-order valence-electron chi connectivity index (χ0n) is 33.7. The van der Waals surface area contributed by atoms with E-state index in [-0.39, 0.29) is 0 Å². The predicted octanol–water partition coefficient (Wildman–Crippen LogP) is 17.8. The highest BCUT2D eigenvalue weighted by molar-refractivity contribution is 7.26. The Kier molecular flexibility index (Phi) is 8.91. The molecule has 0 bridgehead atoms. The molecule has 0 N–H and O–H groups in total. The molecule has 12 aromatic rings. The van der Waals surface area contributed by atoms with E-state index in [0.29, 0.717) is 0 Å². The second-order valence-corrected chi connectivity index (χ2v) is 17.8. The third-order valence-corrected chi connectivity index (χ3v) is 14.3. The van der Waals surface area contributed by atoms with Crippen molar-refractivity contribution >= 4 is 108 Å². The van der Waals surface area contributed by atoms with Crippen LogP contribution in [0.2, 0.25) is 0 Å². The smallest absolute Gasteiger partial charge is 0.0541 e. The molecular formula is C58H38N2S2. The molecular weight excluding hydrogens is 789 g/mol. The fraction of sp³-hybridized carbons (Fsp3) is 0. The molecule has 62 heavy (non-hydrogen) atoms. The maximum Gasteiger partial charge on any atom is 0.0541 e. The van der Waals surface area contributed by atoms with Crippen molar-refractivity contribution in [2.75, 3.05) is 9.80 Å². The van der Waals surface area contributed by atoms with Gasteiger partial charge in [0, 0.05) is 74.2 Å². The standard InChI is InChI=1S/C58H38N2S2/c1-5-17-39(18-6-1)46-33-34-53(60(42-23-11-4-12-24-42)44-30-32-50-48-26-14-16-28-55(48)62-57(50)38-44)52-36-45(35-51(58(46)52)40-19-7-2-8-20-40)59(41-21-9-3-10-22-41)43-29-31-49-47-25-13-15-27-54(47)61-56(49)37-43/h1-38H. The molecule has 0 unspecified atom stereocenters. The summed E-state index contributed by atoms with van der Waals surface area (Å²) in [5.74, 6) is 0. The Morgan fingerprint density at radius 2 is 0.710 bits per heavy atom. The highest BCUT2D eigenvalue weighted by Crippen LogP contribution is 2.50. The molecule has 4 heteroatoms. The van der Waals surface area contributed by atoms with E-state index in [4.69, 9.17) is 0 Å². The van der Waals surface area contributed by atoms with Crippen LogP contribution in [0.5, 0.6) is 0 Å². The van der Waals surface area contributed by atoms with Gasteiger partial charge in [0.2, 0.25) is 0 Å². The van der Waals surface area contributed by atoms with Gasteiger partial charge in [-0.05, 0) is 107 Å². The molecule has 0 aliphatic carbocycles. The number of rotatable bonds is 8. The number of hydrogen-bond acceptors (Lipinski definition) is 4. The maximum atomic E-state index is 2.45. The first kappa shape index (κ1) is 36.4. The number of hydrogen-bond donors (Lipinski definition) is 0. The molecule has 10 aromatic carbocycles. The van der Waals surface area contributed by atoms with Crippen LogP contribution in [-0.4, -0.2) is 0 Å². The third-order valence-electron chi connectivity index (χ3n) is 12.0. The summed E-state index contributed by atoms with van der Waals surface area (Å²) in [5, 5.41) is 7.54. The summed E-state index contributed by atoms with van der Waals surface area (Å²) < 4.78 is 5.14. The van der Waals surface area contributed by atoms with E-state index in [1.807, 2.05) is 22.7 Å². The van der Waals surface area contributed by atoms with E-state index in [9.17, 15) is 0 Å². The van der Waals surface area contributed by atoms with Crippen molar-refractivity contribution in [1.29, 1.82) is 0 Å². The summed E-state index contributed by atoms with van der Waals surface area (Å²) in [7, 11) is 0. The van der Waals surface area contributed by atoms with Gasteiger partial charge in [0.05, 0.1) is 5.69 Å². The lowest BCUT2D eigenvalue weighted by Crippen LogP contribution is -2.12. The van der Waals surface area contributed by atoms with Crippen molar-refractivity contribution in [3.63, 3.8) is 0 Å². The molecule has 12 rings (SSSR count). The molecule has 0 fully saturated rings. The minimum atomic E-state index is 1.09. The second-order valence-electron chi connectivity index (χ2n) is 15.7. The van der Waals surface area contributed by atoms with Crippen molar-refractivity contribution < 1.29 is 0 Å². The monoisotopic (exact) mass is 826 g/mol. The van der Waals surface area contributed by atoms with Gasteiger partial charge < -0.3 is 9.80 Å². The van der Waals surface area contributed by atoms with Crippen LogP contribution in [0.15, 0.2) is 231 Å². The van der Waals surface area contributed by atoms with Crippen molar-refractivity contribution in [2.45, 2.75) is 0 Å². The summed E-state index contributed by atoms with van der Waals surface area (Å²) in [6, 6.07) is 84.4. The van der Waals surface area contributed by atoms with Crippen LogP contribution in [-0.2, 0) is 0 Å². The fourth-order valence-corrected chi connectivity index (χ4v) is 11.5. The van der Waals surface area contributed by atoms with Crippen LogP contribution in [0.25, 0.3) is 73.4 Å². The average molecular weight is 827 g/mol. The summed E-state index contributed by atoms with van der Waals surface area (Å²) in [4.78, 5) is 4.89. The van der Waals surface area contributed by atoms with Gasteiger partial charge in [-0.1, -0.05) is 152 Å². The number of benzene rings is 10. The van der Waals surface area contributed by atoms with Gasteiger partial charge in [0.15, 0.2) is 0 Å². The molecule has 292 valence electrons. The molecule has 0 amide bonds. The molecule has 2 nitrogen and oxygen atoms in total. The zero-order chi connectivity index (χ0) is 41.0. The van der Waals surface area contributed by atoms with Gasteiger partial charge in [-0.2, -0.15) is 0 Å². The van der Waals surface area contributed by atoms with Gasteiger partial charge in [0.25, 0.3) is 0 Å². The van der Waals surface area contributed by atoms with Crippen molar-refractivity contribution in [1.82, 2.24) is 0 Å². The van der Waals surface area contributed by atoms with Crippen LogP contribution in [0.3, 0.4) is 0 Å². The first-order valence-electron chi connectivity index (χ1n) is 21.0. The third kappa shape index (κ3) is 6.23. The Hall–Kier alpha value is -7.50. The van der Waals surface area contributed by atoms with Gasteiger partial charge >= 0.3 is 0 Å². The van der Waals surface area contributed by atoms with Crippen LogP contribution >= 0.6 is 22.7 Å². The van der Waals surface area contributed by atoms with Crippen LogP contribution in [0.1, 0.15) is 0 Å². The number of nitrogens with zero attached hydrogens (tertiary/aromatic N) is 2. The second kappa shape index (κ2) is 15.2. The van der Waals surface area contributed by atoms with Crippen LogP contribution in [0.4, 0.5) is 34.1 Å². The SMILES string of the molecule is c1ccc(-c2ccc(N(c3ccccc3)c3ccc4c(c3)sc3ccccc34)c3cc(N(c4ccccc4)c4ccc5c(c4)sc4ccccc45)cc(-c4ccccc4)c23)cc1. The molecule has 0 aliphatic heterocycles. The normalized spacial score (nSPS) is 11.5. The van der Waals surface area contributed by atoms with Crippen molar-refractivity contribution in [2.24, 2.45) is 0 Å². The van der Waals surface area contributed by atoms with Gasteiger partial charge in [-0.3, -0.25) is 0 Å². The molecule has 0 atom stereocenters. The minimum absolute atomic E-state index is 1.09. The Morgan fingerprint density at radius 1 is 0.258 bits per heavy atom. The Balaban J connectivity index is 1.18. The molecule has 0 saturated heterocycles. The lowest BCUT2D eigenvalue weighted by molar-refractivity contribution is 1.29.